The highest BCUT2D eigenvalue weighted by molar-refractivity contribution is 7.92. The SMILES string of the molecule is CNC1CC2(C1)C(=O)N(C)c1cnc3cc(F)c(-c4cnc(OCCNC(C)C)c(NS(C)(=O)=O)c4)cc3c12. The lowest BCUT2D eigenvalue weighted by Crippen LogP contribution is -2.55. The molecular weight excluding hydrogens is 523 g/mol. The van der Waals surface area contributed by atoms with Crippen molar-refractivity contribution in [3.63, 3.8) is 0 Å². The van der Waals surface area contributed by atoms with E-state index in [4.69, 9.17) is 4.74 Å². The van der Waals surface area contributed by atoms with Crippen molar-refractivity contribution in [2.24, 2.45) is 0 Å². The minimum Gasteiger partial charge on any atom is -0.475 e. The van der Waals surface area contributed by atoms with Gasteiger partial charge in [0.25, 0.3) is 0 Å². The second-order valence-corrected chi connectivity index (χ2v) is 12.4. The van der Waals surface area contributed by atoms with Gasteiger partial charge in [0, 0.05) is 60.0 Å². The van der Waals surface area contributed by atoms with Gasteiger partial charge in [-0.25, -0.2) is 17.8 Å². The number of hydrogen-bond acceptors (Lipinski definition) is 8. The van der Waals surface area contributed by atoms with Crippen molar-refractivity contribution in [2.75, 3.05) is 43.1 Å². The van der Waals surface area contributed by atoms with Gasteiger partial charge in [-0.05, 0) is 32.0 Å². The van der Waals surface area contributed by atoms with Gasteiger partial charge in [-0.2, -0.15) is 0 Å². The second kappa shape index (κ2) is 10.00. The molecule has 1 spiro atoms. The first-order valence-corrected chi connectivity index (χ1v) is 14.7. The molecule has 0 unspecified atom stereocenters. The van der Waals surface area contributed by atoms with E-state index >= 15 is 4.39 Å². The van der Waals surface area contributed by atoms with Crippen LogP contribution in [0.1, 0.15) is 32.3 Å². The van der Waals surface area contributed by atoms with Crippen LogP contribution in [0.5, 0.6) is 5.88 Å². The normalized spacial score (nSPS) is 20.5. The first-order valence-electron chi connectivity index (χ1n) is 12.9. The maximum Gasteiger partial charge on any atom is 0.238 e. The topological polar surface area (TPSA) is 126 Å². The van der Waals surface area contributed by atoms with E-state index in [0.29, 0.717) is 35.9 Å². The lowest BCUT2D eigenvalue weighted by molar-refractivity contribution is -0.126. The molecule has 0 radical (unpaired) electrons. The third-order valence-corrected chi connectivity index (χ3v) is 8.03. The number of rotatable bonds is 9. The first kappa shape index (κ1) is 27.2. The summed E-state index contributed by atoms with van der Waals surface area (Å²) in [5.41, 5.74) is 2.03. The van der Waals surface area contributed by atoms with E-state index < -0.39 is 21.3 Å². The Hall–Kier alpha value is -3.35. The van der Waals surface area contributed by atoms with E-state index in [-0.39, 0.29) is 41.7 Å². The number of aromatic nitrogens is 2. The summed E-state index contributed by atoms with van der Waals surface area (Å²) in [7, 11) is -0.0479. The number of ether oxygens (including phenoxy) is 1. The number of benzene rings is 1. The first-order chi connectivity index (χ1) is 18.4. The number of hydrogen-bond donors (Lipinski definition) is 3. The lowest BCUT2D eigenvalue weighted by atomic mass is 9.61. The third kappa shape index (κ3) is 4.92. The lowest BCUT2D eigenvalue weighted by Gasteiger charge is -2.44. The Labute approximate surface area is 227 Å². The zero-order valence-corrected chi connectivity index (χ0v) is 23.4. The predicted octanol–water partition coefficient (Wildman–Crippen LogP) is 2.78. The Balaban J connectivity index is 1.59. The van der Waals surface area contributed by atoms with Gasteiger partial charge in [0.05, 0.1) is 29.1 Å². The highest BCUT2D eigenvalue weighted by Crippen LogP contribution is 2.55. The summed E-state index contributed by atoms with van der Waals surface area (Å²) in [6.07, 6.45) is 5.40. The van der Waals surface area contributed by atoms with Gasteiger partial charge in [0.2, 0.25) is 21.8 Å². The number of carbonyl (C=O) groups excluding carboxylic acids is 1. The van der Waals surface area contributed by atoms with Crippen LogP contribution in [0.4, 0.5) is 15.8 Å². The molecule has 5 rings (SSSR count). The van der Waals surface area contributed by atoms with Gasteiger partial charge in [-0.15, -0.1) is 0 Å². The fourth-order valence-corrected chi connectivity index (χ4v) is 6.11. The fourth-order valence-electron chi connectivity index (χ4n) is 5.57. The molecule has 1 aliphatic heterocycles. The molecule has 0 atom stereocenters. The maximum absolute atomic E-state index is 15.5. The quantitative estimate of drug-likeness (QED) is 0.344. The summed E-state index contributed by atoms with van der Waals surface area (Å²) < 4.78 is 47.8. The highest BCUT2D eigenvalue weighted by atomic mass is 32.2. The molecule has 3 heterocycles. The summed E-state index contributed by atoms with van der Waals surface area (Å²) in [5, 5.41) is 7.15. The summed E-state index contributed by atoms with van der Waals surface area (Å²) in [6, 6.07) is 5.02. The number of likely N-dealkylation sites (N-methyl/N-ethyl adjacent to an activating group) is 1. The number of pyridine rings is 2. The zero-order valence-electron chi connectivity index (χ0n) is 22.6. The van der Waals surface area contributed by atoms with Crippen LogP contribution in [0.15, 0.2) is 30.6 Å². The van der Waals surface area contributed by atoms with Gasteiger partial charge in [0.15, 0.2) is 0 Å². The molecular formula is C27H33FN6O4S. The Morgan fingerprint density at radius 1 is 1.21 bits per heavy atom. The largest absolute Gasteiger partial charge is 0.475 e. The molecule has 1 fully saturated rings. The average Bonchev–Trinajstić information content (AvgIpc) is 3.07. The number of amides is 1. The number of anilines is 2. The minimum atomic E-state index is -3.67. The van der Waals surface area contributed by atoms with Crippen LogP contribution in [0, 0.1) is 5.82 Å². The molecule has 1 aromatic carbocycles. The number of sulfonamides is 1. The molecule has 10 nitrogen and oxygen atoms in total. The zero-order chi connectivity index (χ0) is 28.1. The summed E-state index contributed by atoms with van der Waals surface area (Å²) in [4.78, 5) is 23.8. The Morgan fingerprint density at radius 3 is 2.62 bits per heavy atom. The molecule has 1 amide bonds. The van der Waals surface area contributed by atoms with Crippen LogP contribution in [0.2, 0.25) is 0 Å². The smallest absolute Gasteiger partial charge is 0.238 e. The van der Waals surface area contributed by atoms with Crippen LogP contribution < -0.4 is 25.0 Å². The molecule has 3 N–H and O–H groups in total. The van der Waals surface area contributed by atoms with Crippen molar-refractivity contribution in [2.45, 2.75) is 44.2 Å². The molecule has 0 bridgehead atoms. The van der Waals surface area contributed by atoms with Crippen molar-refractivity contribution in [3.05, 3.63) is 42.0 Å². The van der Waals surface area contributed by atoms with Gasteiger partial charge >= 0.3 is 0 Å². The van der Waals surface area contributed by atoms with Gasteiger partial charge in [-0.3, -0.25) is 14.5 Å². The van der Waals surface area contributed by atoms with E-state index in [0.717, 1.165) is 17.5 Å². The van der Waals surface area contributed by atoms with E-state index in [1.54, 1.807) is 24.2 Å². The Bertz CT molecular complexity index is 1560. The van der Waals surface area contributed by atoms with Gasteiger partial charge < -0.3 is 20.3 Å². The number of carbonyl (C=O) groups is 1. The maximum atomic E-state index is 15.5. The van der Waals surface area contributed by atoms with Crippen molar-refractivity contribution in [1.29, 1.82) is 0 Å². The van der Waals surface area contributed by atoms with Crippen LogP contribution in [0.25, 0.3) is 22.0 Å². The van der Waals surface area contributed by atoms with Crippen molar-refractivity contribution in [1.82, 2.24) is 20.6 Å². The van der Waals surface area contributed by atoms with Crippen molar-refractivity contribution < 1.29 is 22.3 Å². The standard InChI is InChI=1S/C27H33FN6O4S/c1-15(2)30-6-7-38-25-22(33-39(5,36)37)8-16(13-32-25)18-9-19-21(10-20(18)28)31-14-23-24(19)27(26(35)34(23)4)11-17(12-27)29-3/h8-10,13-15,17,29-30,33H,6-7,11-12H2,1-5H3. The van der Waals surface area contributed by atoms with Crippen molar-refractivity contribution in [3.8, 4) is 17.0 Å². The van der Waals surface area contributed by atoms with Crippen LogP contribution >= 0.6 is 0 Å². The van der Waals surface area contributed by atoms with Crippen LogP contribution in [0.3, 0.4) is 0 Å². The Kier molecular flexibility index (Phi) is 6.98. The highest BCUT2D eigenvalue weighted by Gasteiger charge is 2.58. The van der Waals surface area contributed by atoms with Crippen molar-refractivity contribution >= 4 is 38.2 Å². The van der Waals surface area contributed by atoms with Gasteiger partial charge in [0.1, 0.15) is 18.1 Å². The molecule has 2 aromatic heterocycles. The van der Waals surface area contributed by atoms with E-state index in [1.807, 2.05) is 20.9 Å². The second-order valence-electron chi connectivity index (χ2n) is 10.6. The monoisotopic (exact) mass is 556 g/mol. The molecule has 2 aliphatic rings. The van der Waals surface area contributed by atoms with Crippen LogP contribution in [-0.4, -0.2) is 69.9 Å². The van der Waals surface area contributed by atoms with E-state index in [1.165, 1.54) is 18.3 Å². The van der Waals surface area contributed by atoms with E-state index in [2.05, 4.69) is 25.3 Å². The predicted molar refractivity (Wildman–Crippen MR) is 149 cm³/mol. The minimum absolute atomic E-state index is 0.0129. The number of halogens is 1. The Morgan fingerprint density at radius 2 is 1.95 bits per heavy atom. The molecule has 3 aromatic rings. The average molecular weight is 557 g/mol. The van der Waals surface area contributed by atoms with Crippen LogP contribution in [-0.2, 0) is 20.2 Å². The molecule has 1 aliphatic carbocycles. The molecule has 208 valence electrons. The third-order valence-electron chi connectivity index (χ3n) is 7.44. The molecule has 12 heteroatoms. The summed E-state index contributed by atoms with van der Waals surface area (Å²) in [5.74, 6) is -0.429. The molecule has 1 saturated carbocycles. The van der Waals surface area contributed by atoms with Gasteiger partial charge in [-0.1, -0.05) is 13.8 Å². The summed E-state index contributed by atoms with van der Waals surface area (Å²) >= 11 is 0. The molecule has 0 saturated heterocycles. The number of nitrogens with zero attached hydrogens (tertiary/aromatic N) is 3. The summed E-state index contributed by atoms with van der Waals surface area (Å²) in [6.45, 7) is 4.82. The van der Waals surface area contributed by atoms with E-state index in [9.17, 15) is 13.2 Å². The number of nitrogens with one attached hydrogen (secondary N) is 3. The molecule has 39 heavy (non-hydrogen) atoms. The fraction of sp³-hybridized carbons (Fsp3) is 0.444. The number of fused-ring (bicyclic) bond motifs is 4.